The first-order chi connectivity index (χ1) is 8.29. The quantitative estimate of drug-likeness (QED) is 0.785. The number of amides is 1. The van der Waals surface area contributed by atoms with Gasteiger partial charge in [0.25, 0.3) is 0 Å². The lowest BCUT2D eigenvalue weighted by molar-refractivity contribution is -0.122. The summed E-state index contributed by atoms with van der Waals surface area (Å²) in [6.07, 6.45) is 3.08. The molecule has 1 aliphatic rings. The van der Waals surface area contributed by atoms with E-state index in [1.165, 1.54) is 10.5 Å². The van der Waals surface area contributed by atoms with Gasteiger partial charge in [-0.25, -0.2) is 0 Å². The van der Waals surface area contributed by atoms with E-state index in [1.54, 1.807) is 0 Å². The Bertz CT molecular complexity index is 370. The van der Waals surface area contributed by atoms with Gasteiger partial charge in [-0.1, -0.05) is 19.1 Å². The topological polar surface area (TPSA) is 29.1 Å². The maximum absolute atomic E-state index is 11.4. The number of rotatable bonds is 6. The van der Waals surface area contributed by atoms with E-state index in [0.717, 1.165) is 31.6 Å². The standard InChI is InChI=1S/C14H19NOS/c1-2-17-13-7-3-11(4-8-13)9-10-15-14(16)12-5-6-12/h3-4,7-8,12H,2,5-6,9-10H2,1H3,(H,15,16). The van der Waals surface area contributed by atoms with Crippen LogP contribution in [0.1, 0.15) is 25.3 Å². The molecule has 0 heterocycles. The summed E-state index contributed by atoms with van der Waals surface area (Å²) in [6.45, 7) is 2.92. The average molecular weight is 249 g/mol. The second-order valence-corrected chi connectivity index (χ2v) is 5.73. The monoisotopic (exact) mass is 249 g/mol. The third-order valence-electron chi connectivity index (χ3n) is 2.90. The van der Waals surface area contributed by atoms with Crippen LogP contribution in [0.25, 0.3) is 0 Å². The van der Waals surface area contributed by atoms with Gasteiger partial charge in [0, 0.05) is 17.4 Å². The first kappa shape index (κ1) is 12.5. The van der Waals surface area contributed by atoms with E-state index >= 15 is 0 Å². The molecule has 1 aromatic rings. The molecule has 0 bridgehead atoms. The Morgan fingerprint density at radius 1 is 1.35 bits per heavy atom. The van der Waals surface area contributed by atoms with E-state index in [0.29, 0.717) is 5.92 Å². The van der Waals surface area contributed by atoms with Crippen molar-refractivity contribution in [3.8, 4) is 0 Å². The Morgan fingerprint density at radius 2 is 2.06 bits per heavy atom. The molecule has 92 valence electrons. The molecule has 2 rings (SSSR count). The maximum Gasteiger partial charge on any atom is 0.223 e. The zero-order chi connectivity index (χ0) is 12.1. The van der Waals surface area contributed by atoms with Gasteiger partial charge in [0.05, 0.1) is 0 Å². The zero-order valence-corrected chi connectivity index (χ0v) is 11.1. The minimum absolute atomic E-state index is 0.239. The van der Waals surface area contributed by atoms with Crippen LogP contribution >= 0.6 is 11.8 Å². The summed E-state index contributed by atoms with van der Waals surface area (Å²) in [5.41, 5.74) is 1.29. The van der Waals surface area contributed by atoms with Gasteiger partial charge in [0.15, 0.2) is 0 Å². The van der Waals surface area contributed by atoms with E-state index < -0.39 is 0 Å². The molecule has 1 saturated carbocycles. The number of benzene rings is 1. The second-order valence-electron chi connectivity index (χ2n) is 4.39. The summed E-state index contributed by atoms with van der Waals surface area (Å²) in [6, 6.07) is 8.63. The molecule has 0 atom stereocenters. The van der Waals surface area contributed by atoms with Gasteiger partial charge in [-0.15, -0.1) is 11.8 Å². The highest BCUT2D eigenvalue weighted by Crippen LogP contribution is 2.28. The molecule has 1 aromatic carbocycles. The molecule has 1 amide bonds. The predicted octanol–water partition coefficient (Wildman–Crippen LogP) is 2.87. The number of thioether (sulfide) groups is 1. The van der Waals surface area contributed by atoms with E-state index in [4.69, 9.17) is 0 Å². The fourth-order valence-electron chi connectivity index (χ4n) is 1.74. The van der Waals surface area contributed by atoms with Crippen molar-refractivity contribution >= 4 is 17.7 Å². The molecular weight excluding hydrogens is 230 g/mol. The number of carbonyl (C=O) groups is 1. The van der Waals surface area contributed by atoms with Crippen LogP contribution in [0.5, 0.6) is 0 Å². The van der Waals surface area contributed by atoms with Crippen molar-refractivity contribution in [2.45, 2.75) is 31.1 Å². The minimum atomic E-state index is 0.239. The predicted molar refractivity (Wildman–Crippen MR) is 72.3 cm³/mol. The maximum atomic E-state index is 11.4. The highest BCUT2D eigenvalue weighted by molar-refractivity contribution is 7.99. The Labute approximate surface area is 107 Å². The molecule has 17 heavy (non-hydrogen) atoms. The summed E-state index contributed by atoms with van der Waals surface area (Å²) in [5.74, 6) is 1.66. The average Bonchev–Trinajstić information content (AvgIpc) is 3.15. The lowest BCUT2D eigenvalue weighted by atomic mass is 10.1. The van der Waals surface area contributed by atoms with Crippen molar-refractivity contribution < 1.29 is 4.79 Å². The molecule has 1 N–H and O–H groups in total. The largest absolute Gasteiger partial charge is 0.356 e. The number of hydrogen-bond donors (Lipinski definition) is 1. The van der Waals surface area contributed by atoms with Crippen molar-refractivity contribution in [1.82, 2.24) is 5.32 Å². The van der Waals surface area contributed by atoms with E-state index in [9.17, 15) is 4.79 Å². The molecule has 0 spiro atoms. The molecule has 0 saturated heterocycles. The first-order valence-corrected chi connectivity index (χ1v) is 7.27. The Balaban J connectivity index is 1.72. The van der Waals surface area contributed by atoms with Crippen LogP contribution in [0.4, 0.5) is 0 Å². The fourth-order valence-corrected chi connectivity index (χ4v) is 2.40. The fraction of sp³-hybridized carbons (Fsp3) is 0.500. The third kappa shape index (κ3) is 4.08. The van der Waals surface area contributed by atoms with Gasteiger partial charge in [0.2, 0.25) is 5.91 Å². The molecule has 0 aliphatic heterocycles. The lowest BCUT2D eigenvalue weighted by Crippen LogP contribution is -2.26. The molecule has 0 aromatic heterocycles. The van der Waals surface area contributed by atoms with Gasteiger partial charge in [-0.2, -0.15) is 0 Å². The Kier molecular flexibility index (Phi) is 4.49. The summed E-state index contributed by atoms with van der Waals surface area (Å²) in [7, 11) is 0. The zero-order valence-electron chi connectivity index (χ0n) is 10.2. The van der Waals surface area contributed by atoms with Crippen LogP contribution in [-0.4, -0.2) is 18.2 Å². The third-order valence-corrected chi connectivity index (χ3v) is 3.79. The van der Waals surface area contributed by atoms with Crippen molar-refractivity contribution in [3.05, 3.63) is 29.8 Å². The SMILES string of the molecule is CCSc1ccc(CCNC(=O)C2CC2)cc1. The molecule has 1 aliphatic carbocycles. The van der Waals surface area contributed by atoms with Gasteiger partial charge < -0.3 is 5.32 Å². The summed E-state index contributed by atoms with van der Waals surface area (Å²) in [4.78, 5) is 12.7. The van der Waals surface area contributed by atoms with E-state index in [2.05, 4.69) is 36.5 Å². The van der Waals surface area contributed by atoms with Crippen LogP contribution in [0.2, 0.25) is 0 Å². The van der Waals surface area contributed by atoms with Gasteiger partial charge in [-0.05, 0) is 42.7 Å². The molecule has 1 fully saturated rings. The second kappa shape index (κ2) is 6.10. The molecule has 0 unspecified atom stereocenters. The van der Waals surface area contributed by atoms with Crippen molar-refractivity contribution in [2.75, 3.05) is 12.3 Å². The summed E-state index contributed by atoms with van der Waals surface area (Å²) >= 11 is 1.86. The number of hydrogen-bond acceptors (Lipinski definition) is 2. The van der Waals surface area contributed by atoms with Gasteiger partial charge >= 0.3 is 0 Å². The minimum Gasteiger partial charge on any atom is -0.356 e. The molecule has 2 nitrogen and oxygen atoms in total. The Morgan fingerprint density at radius 3 is 2.65 bits per heavy atom. The molecular formula is C14H19NOS. The van der Waals surface area contributed by atoms with E-state index in [1.807, 2.05) is 11.8 Å². The first-order valence-electron chi connectivity index (χ1n) is 6.29. The lowest BCUT2D eigenvalue weighted by Gasteiger charge is -2.05. The van der Waals surface area contributed by atoms with Crippen LogP contribution < -0.4 is 5.32 Å². The van der Waals surface area contributed by atoms with Crippen molar-refractivity contribution in [3.63, 3.8) is 0 Å². The molecule has 3 heteroatoms. The summed E-state index contributed by atoms with van der Waals surface area (Å²) < 4.78 is 0. The van der Waals surface area contributed by atoms with Crippen molar-refractivity contribution in [2.24, 2.45) is 5.92 Å². The summed E-state index contributed by atoms with van der Waals surface area (Å²) in [5, 5.41) is 2.99. The van der Waals surface area contributed by atoms with E-state index in [-0.39, 0.29) is 5.91 Å². The Hall–Kier alpha value is -0.960. The van der Waals surface area contributed by atoms with Crippen LogP contribution in [0, 0.1) is 5.92 Å². The normalized spacial score (nSPS) is 14.6. The van der Waals surface area contributed by atoms with Crippen LogP contribution in [0.3, 0.4) is 0 Å². The van der Waals surface area contributed by atoms with Crippen LogP contribution in [0.15, 0.2) is 29.2 Å². The highest BCUT2D eigenvalue weighted by atomic mass is 32.2. The smallest absolute Gasteiger partial charge is 0.223 e. The molecule has 0 radical (unpaired) electrons. The number of nitrogens with one attached hydrogen (secondary N) is 1. The van der Waals surface area contributed by atoms with Gasteiger partial charge in [0.1, 0.15) is 0 Å². The van der Waals surface area contributed by atoms with Gasteiger partial charge in [-0.3, -0.25) is 4.79 Å². The highest BCUT2D eigenvalue weighted by Gasteiger charge is 2.28. The van der Waals surface area contributed by atoms with Crippen LogP contribution in [-0.2, 0) is 11.2 Å². The number of carbonyl (C=O) groups excluding carboxylic acids is 1. The van der Waals surface area contributed by atoms with Crippen molar-refractivity contribution in [1.29, 1.82) is 0 Å².